The highest BCUT2D eigenvalue weighted by molar-refractivity contribution is 5.81. The Bertz CT molecular complexity index is 475. The van der Waals surface area contributed by atoms with Crippen LogP contribution in [0.5, 0.6) is 0 Å². The summed E-state index contributed by atoms with van der Waals surface area (Å²) >= 11 is 0. The molecule has 0 radical (unpaired) electrons. The van der Waals surface area contributed by atoms with Crippen LogP contribution in [0.3, 0.4) is 0 Å². The maximum atomic E-state index is 12.4. The first kappa shape index (κ1) is 15.0. The highest BCUT2D eigenvalue weighted by Crippen LogP contribution is 2.21. The molecule has 0 saturated heterocycles. The van der Waals surface area contributed by atoms with Gasteiger partial charge in [-0.3, -0.25) is 9.69 Å². The van der Waals surface area contributed by atoms with E-state index in [0.29, 0.717) is 0 Å². The van der Waals surface area contributed by atoms with Crippen molar-refractivity contribution in [2.24, 2.45) is 0 Å². The molecule has 4 heteroatoms. The predicted octanol–water partition coefficient (Wildman–Crippen LogP) is 1.27. The van der Waals surface area contributed by atoms with Gasteiger partial charge >= 0.3 is 0 Å². The lowest BCUT2D eigenvalue weighted by Gasteiger charge is -2.36. The Balaban J connectivity index is 2.04. The zero-order chi connectivity index (χ0) is 14.7. The van der Waals surface area contributed by atoms with Gasteiger partial charge in [0.15, 0.2) is 0 Å². The number of carbonyl (C=O) groups excluding carboxylic acids is 1. The van der Waals surface area contributed by atoms with Crippen LogP contribution in [0.2, 0.25) is 0 Å². The van der Waals surface area contributed by atoms with Gasteiger partial charge in [-0.05, 0) is 31.4 Å². The Morgan fingerprint density at radius 3 is 2.65 bits per heavy atom. The van der Waals surface area contributed by atoms with Gasteiger partial charge in [0.05, 0.1) is 18.7 Å². The van der Waals surface area contributed by atoms with Crippen LogP contribution in [0.25, 0.3) is 0 Å². The Kier molecular flexibility index (Phi) is 4.78. The number of likely N-dealkylation sites (N-methyl/N-ethyl adjacent to an activating group) is 1. The molecule has 1 aromatic carbocycles. The molecule has 1 N–H and O–H groups in total. The van der Waals surface area contributed by atoms with Crippen molar-refractivity contribution < 1.29 is 9.90 Å². The predicted molar refractivity (Wildman–Crippen MR) is 79.3 cm³/mol. The zero-order valence-corrected chi connectivity index (χ0v) is 12.5. The third-order valence-corrected chi connectivity index (χ3v) is 4.34. The molecular formula is C16H24N2O2. The van der Waals surface area contributed by atoms with Gasteiger partial charge in [0, 0.05) is 20.1 Å². The number of rotatable bonds is 4. The molecule has 2 unspecified atom stereocenters. The lowest BCUT2D eigenvalue weighted by Crippen LogP contribution is -2.50. The number of fused-ring (bicyclic) bond motifs is 1. The van der Waals surface area contributed by atoms with Gasteiger partial charge in [-0.1, -0.05) is 24.3 Å². The van der Waals surface area contributed by atoms with Gasteiger partial charge in [-0.25, -0.2) is 0 Å². The van der Waals surface area contributed by atoms with Gasteiger partial charge in [0.25, 0.3) is 0 Å². The van der Waals surface area contributed by atoms with Crippen LogP contribution >= 0.6 is 0 Å². The zero-order valence-electron chi connectivity index (χ0n) is 12.5. The Morgan fingerprint density at radius 2 is 2.00 bits per heavy atom. The Morgan fingerprint density at radius 1 is 1.35 bits per heavy atom. The normalized spacial score (nSPS) is 18.2. The summed E-state index contributed by atoms with van der Waals surface area (Å²) in [5, 5.41) is 9.17. The molecule has 0 spiro atoms. The van der Waals surface area contributed by atoms with E-state index in [1.165, 1.54) is 11.1 Å². The Labute approximate surface area is 121 Å². The third-order valence-electron chi connectivity index (χ3n) is 4.34. The summed E-state index contributed by atoms with van der Waals surface area (Å²) < 4.78 is 0. The van der Waals surface area contributed by atoms with Crippen molar-refractivity contribution in [1.29, 1.82) is 0 Å². The topological polar surface area (TPSA) is 43.8 Å². The molecule has 0 bridgehead atoms. The molecule has 1 aliphatic heterocycles. The summed E-state index contributed by atoms with van der Waals surface area (Å²) in [6, 6.07) is 8.14. The fourth-order valence-electron chi connectivity index (χ4n) is 2.64. The van der Waals surface area contributed by atoms with Crippen molar-refractivity contribution >= 4 is 5.91 Å². The number of aliphatic hydroxyl groups is 1. The van der Waals surface area contributed by atoms with E-state index < -0.39 is 0 Å². The van der Waals surface area contributed by atoms with Crippen LogP contribution in [0, 0.1) is 0 Å². The van der Waals surface area contributed by atoms with Crippen LogP contribution in [-0.2, 0) is 17.8 Å². The SMILES string of the molecule is CC(C(=O)N(C)C(C)CO)N1CCc2ccccc2C1. The second kappa shape index (κ2) is 6.37. The number of aliphatic hydroxyl groups excluding tert-OH is 1. The van der Waals surface area contributed by atoms with Gasteiger partial charge in [0.1, 0.15) is 0 Å². The van der Waals surface area contributed by atoms with Crippen LogP contribution in [0.15, 0.2) is 24.3 Å². The molecule has 1 aliphatic rings. The van der Waals surface area contributed by atoms with Crippen molar-refractivity contribution in [3.8, 4) is 0 Å². The van der Waals surface area contributed by atoms with E-state index in [1.54, 1.807) is 11.9 Å². The summed E-state index contributed by atoms with van der Waals surface area (Å²) in [7, 11) is 1.76. The molecule has 2 atom stereocenters. The molecule has 1 heterocycles. The molecule has 2 rings (SSSR count). The standard InChI is InChI=1S/C16H24N2O2/c1-12(11-19)17(3)16(20)13(2)18-9-8-14-6-4-5-7-15(14)10-18/h4-7,12-13,19H,8-11H2,1-3H3. The highest BCUT2D eigenvalue weighted by atomic mass is 16.3. The van der Waals surface area contributed by atoms with Crippen LogP contribution in [0.1, 0.15) is 25.0 Å². The highest BCUT2D eigenvalue weighted by Gasteiger charge is 2.28. The molecular weight excluding hydrogens is 252 g/mol. The molecule has 4 nitrogen and oxygen atoms in total. The van der Waals surface area contributed by atoms with E-state index in [0.717, 1.165) is 19.5 Å². The van der Waals surface area contributed by atoms with Crippen molar-refractivity contribution in [3.63, 3.8) is 0 Å². The summed E-state index contributed by atoms with van der Waals surface area (Å²) in [6.07, 6.45) is 0.993. The number of hydrogen-bond donors (Lipinski definition) is 1. The van der Waals surface area contributed by atoms with Gasteiger partial charge in [-0.2, -0.15) is 0 Å². The number of hydrogen-bond acceptors (Lipinski definition) is 3. The quantitative estimate of drug-likeness (QED) is 0.901. The first-order valence-corrected chi connectivity index (χ1v) is 7.23. The maximum Gasteiger partial charge on any atom is 0.239 e. The Hall–Kier alpha value is -1.39. The van der Waals surface area contributed by atoms with E-state index >= 15 is 0 Å². The molecule has 0 aromatic heterocycles. The van der Waals surface area contributed by atoms with E-state index in [1.807, 2.05) is 13.8 Å². The number of nitrogens with zero attached hydrogens (tertiary/aromatic N) is 2. The summed E-state index contributed by atoms with van der Waals surface area (Å²) in [5.74, 6) is 0.0749. The molecule has 0 aliphatic carbocycles. The second-order valence-electron chi connectivity index (χ2n) is 5.65. The minimum Gasteiger partial charge on any atom is -0.394 e. The molecule has 110 valence electrons. The van der Waals surface area contributed by atoms with E-state index in [2.05, 4.69) is 29.2 Å². The van der Waals surface area contributed by atoms with Crippen molar-refractivity contribution in [2.45, 2.75) is 38.9 Å². The average molecular weight is 276 g/mol. The molecule has 1 aromatic rings. The lowest BCUT2D eigenvalue weighted by molar-refractivity contribution is -0.138. The summed E-state index contributed by atoms with van der Waals surface area (Å²) in [4.78, 5) is 16.3. The summed E-state index contributed by atoms with van der Waals surface area (Å²) in [6.45, 7) is 5.54. The molecule has 1 amide bonds. The van der Waals surface area contributed by atoms with Crippen LogP contribution < -0.4 is 0 Å². The summed E-state index contributed by atoms with van der Waals surface area (Å²) in [5.41, 5.74) is 2.71. The molecule has 20 heavy (non-hydrogen) atoms. The van der Waals surface area contributed by atoms with Gasteiger partial charge < -0.3 is 10.0 Å². The molecule has 0 fully saturated rings. The van der Waals surface area contributed by atoms with Gasteiger partial charge in [-0.15, -0.1) is 0 Å². The fraction of sp³-hybridized carbons (Fsp3) is 0.562. The maximum absolute atomic E-state index is 12.4. The van der Waals surface area contributed by atoms with Crippen molar-refractivity contribution in [1.82, 2.24) is 9.80 Å². The van der Waals surface area contributed by atoms with Crippen molar-refractivity contribution in [3.05, 3.63) is 35.4 Å². The van der Waals surface area contributed by atoms with Crippen molar-refractivity contribution in [2.75, 3.05) is 20.2 Å². The van der Waals surface area contributed by atoms with E-state index in [-0.39, 0.29) is 24.6 Å². The van der Waals surface area contributed by atoms with Crippen LogP contribution in [0.4, 0.5) is 0 Å². The first-order valence-electron chi connectivity index (χ1n) is 7.23. The minimum absolute atomic E-state index is 0.00219. The average Bonchev–Trinajstić information content (AvgIpc) is 2.51. The van der Waals surface area contributed by atoms with Gasteiger partial charge in [0.2, 0.25) is 5.91 Å². The molecule has 0 saturated carbocycles. The lowest BCUT2D eigenvalue weighted by atomic mass is 9.98. The smallest absolute Gasteiger partial charge is 0.239 e. The number of carbonyl (C=O) groups is 1. The third kappa shape index (κ3) is 3.02. The minimum atomic E-state index is -0.151. The fourth-order valence-corrected chi connectivity index (χ4v) is 2.64. The van der Waals surface area contributed by atoms with E-state index in [9.17, 15) is 4.79 Å². The number of benzene rings is 1. The first-order chi connectivity index (χ1) is 9.54. The van der Waals surface area contributed by atoms with Crippen LogP contribution in [-0.4, -0.2) is 53.1 Å². The second-order valence-corrected chi connectivity index (χ2v) is 5.65. The number of amides is 1. The largest absolute Gasteiger partial charge is 0.394 e. The van der Waals surface area contributed by atoms with E-state index in [4.69, 9.17) is 5.11 Å². The monoisotopic (exact) mass is 276 g/mol.